The average Bonchev–Trinajstić information content (AvgIpc) is 3.32. The zero-order valence-corrected chi connectivity index (χ0v) is 19.3. The molecule has 0 aliphatic heterocycles. The molecule has 172 valence electrons. The van der Waals surface area contributed by atoms with Crippen LogP contribution in [0.25, 0.3) is 0 Å². The van der Waals surface area contributed by atoms with Crippen molar-refractivity contribution in [1.29, 1.82) is 0 Å². The Kier molecular flexibility index (Phi) is 7.23. The van der Waals surface area contributed by atoms with Crippen molar-refractivity contribution in [3.8, 4) is 0 Å². The van der Waals surface area contributed by atoms with Crippen molar-refractivity contribution in [2.45, 2.75) is 25.9 Å². The second-order valence-electron chi connectivity index (χ2n) is 8.35. The van der Waals surface area contributed by atoms with Gasteiger partial charge >= 0.3 is 0 Å². The Balaban J connectivity index is 1.68. The Labute approximate surface area is 199 Å². The lowest BCUT2D eigenvalue weighted by Gasteiger charge is -2.32. The lowest BCUT2D eigenvalue weighted by Crippen LogP contribution is -2.40. The molecular weight excluding hydrogens is 424 g/mol. The molecule has 0 fully saturated rings. The van der Waals surface area contributed by atoms with Crippen LogP contribution in [0, 0.1) is 12.8 Å². The molecule has 0 aliphatic rings. The van der Waals surface area contributed by atoms with E-state index in [4.69, 9.17) is 4.42 Å². The predicted molar refractivity (Wildman–Crippen MR) is 132 cm³/mol. The third kappa shape index (κ3) is 5.44. The minimum Gasteiger partial charge on any atom is -0.464 e. The van der Waals surface area contributed by atoms with E-state index in [1.807, 2.05) is 92.7 Å². The van der Waals surface area contributed by atoms with Gasteiger partial charge in [-0.15, -0.1) is 0 Å². The van der Waals surface area contributed by atoms with E-state index in [0.717, 1.165) is 11.3 Å². The second-order valence-corrected chi connectivity index (χ2v) is 8.35. The fraction of sp³-hybridized carbons (Fsp3) is 0.172. The highest BCUT2D eigenvalue weighted by Gasteiger charge is 2.33. The number of rotatable bonds is 8. The number of carbonyl (C=O) groups excluding carboxylic acids is 2. The molecule has 0 radical (unpaired) electrons. The molecule has 4 aromatic rings. The molecule has 0 unspecified atom stereocenters. The van der Waals surface area contributed by atoms with E-state index in [1.54, 1.807) is 24.3 Å². The van der Waals surface area contributed by atoms with E-state index in [0.29, 0.717) is 16.9 Å². The van der Waals surface area contributed by atoms with Gasteiger partial charge in [-0.25, -0.2) is 0 Å². The van der Waals surface area contributed by atoms with Crippen LogP contribution in [0.5, 0.6) is 0 Å². The monoisotopic (exact) mass is 452 g/mol. The first-order valence-corrected chi connectivity index (χ1v) is 11.4. The van der Waals surface area contributed by atoms with Crippen molar-refractivity contribution < 1.29 is 14.0 Å². The maximum absolute atomic E-state index is 13.1. The molecule has 3 aromatic carbocycles. The molecule has 0 saturated carbocycles. The Morgan fingerprint density at radius 2 is 1.12 bits per heavy atom. The Hall–Kier alpha value is -4.12. The first kappa shape index (κ1) is 23.1. The molecule has 34 heavy (non-hydrogen) atoms. The summed E-state index contributed by atoms with van der Waals surface area (Å²) in [6.45, 7) is 3.88. The Morgan fingerprint density at radius 1 is 0.647 bits per heavy atom. The van der Waals surface area contributed by atoms with Crippen molar-refractivity contribution in [2.24, 2.45) is 5.92 Å². The minimum atomic E-state index is -0.470. The SMILES string of the molecule is Cc1ccc([C@H](NC(=O)c2ccccc2)[C@H](C)[C@@H](NC(=O)c2ccccc2)c2ccccc2)o1. The normalized spacial score (nSPS) is 13.5. The number of hydrogen-bond acceptors (Lipinski definition) is 3. The summed E-state index contributed by atoms with van der Waals surface area (Å²) in [5.41, 5.74) is 2.09. The molecule has 5 heteroatoms. The minimum absolute atomic E-state index is 0.176. The van der Waals surface area contributed by atoms with Crippen LogP contribution < -0.4 is 10.6 Å². The number of benzene rings is 3. The predicted octanol–water partition coefficient (Wildman–Crippen LogP) is 5.87. The maximum atomic E-state index is 13.1. The molecule has 3 atom stereocenters. The topological polar surface area (TPSA) is 71.3 Å². The van der Waals surface area contributed by atoms with Crippen LogP contribution in [0.3, 0.4) is 0 Å². The number of hydrogen-bond donors (Lipinski definition) is 2. The van der Waals surface area contributed by atoms with Gasteiger partial charge in [0.15, 0.2) is 0 Å². The van der Waals surface area contributed by atoms with E-state index < -0.39 is 6.04 Å². The van der Waals surface area contributed by atoms with Gasteiger partial charge in [0.2, 0.25) is 0 Å². The highest BCUT2D eigenvalue weighted by Crippen LogP contribution is 2.34. The molecule has 0 aliphatic carbocycles. The zero-order chi connectivity index (χ0) is 23.9. The van der Waals surface area contributed by atoms with Gasteiger partial charge in [-0.2, -0.15) is 0 Å². The standard InChI is InChI=1S/C29H28N2O3/c1-20-18-19-25(34-20)27(31-29(33)24-16-10-5-11-17-24)21(2)26(22-12-6-3-7-13-22)30-28(32)23-14-8-4-9-15-23/h3-19,21,26-27H,1-2H3,(H,30,32)(H,31,33)/t21-,26-,27-/m1/s1. The smallest absolute Gasteiger partial charge is 0.251 e. The van der Waals surface area contributed by atoms with Gasteiger partial charge in [-0.3, -0.25) is 9.59 Å². The highest BCUT2D eigenvalue weighted by atomic mass is 16.3. The van der Waals surface area contributed by atoms with Crippen molar-refractivity contribution in [3.05, 3.63) is 131 Å². The van der Waals surface area contributed by atoms with Gasteiger partial charge in [0, 0.05) is 17.0 Å². The molecule has 2 amide bonds. The van der Waals surface area contributed by atoms with E-state index in [-0.39, 0.29) is 23.8 Å². The summed E-state index contributed by atoms with van der Waals surface area (Å²) >= 11 is 0. The lowest BCUT2D eigenvalue weighted by atomic mass is 9.86. The van der Waals surface area contributed by atoms with Crippen LogP contribution in [0.1, 0.15) is 56.8 Å². The van der Waals surface area contributed by atoms with Crippen molar-refractivity contribution >= 4 is 11.8 Å². The summed E-state index contributed by atoms with van der Waals surface area (Å²) in [6, 6.07) is 30.9. The summed E-state index contributed by atoms with van der Waals surface area (Å²) in [4.78, 5) is 26.2. The first-order valence-electron chi connectivity index (χ1n) is 11.4. The summed E-state index contributed by atoms with van der Waals surface area (Å²) in [7, 11) is 0. The molecule has 0 saturated heterocycles. The van der Waals surface area contributed by atoms with E-state index in [2.05, 4.69) is 10.6 Å². The van der Waals surface area contributed by atoms with Gasteiger partial charge in [0.05, 0.1) is 12.1 Å². The number of furan rings is 1. The second kappa shape index (κ2) is 10.7. The van der Waals surface area contributed by atoms with Crippen molar-refractivity contribution in [2.75, 3.05) is 0 Å². The first-order chi connectivity index (χ1) is 16.5. The molecule has 2 N–H and O–H groups in total. The summed E-state index contributed by atoms with van der Waals surface area (Å²) in [5.74, 6) is 0.793. The van der Waals surface area contributed by atoms with E-state index >= 15 is 0 Å². The lowest BCUT2D eigenvalue weighted by molar-refractivity contribution is 0.0882. The summed E-state index contributed by atoms with van der Waals surface area (Å²) < 4.78 is 5.95. The molecule has 1 heterocycles. The van der Waals surface area contributed by atoms with Crippen LogP contribution in [-0.4, -0.2) is 11.8 Å². The van der Waals surface area contributed by atoms with Crippen molar-refractivity contribution in [1.82, 2.24) is 10.6 Å². The summed E-state index contributed by atoms with van der Waals surface area (Å²) in [6.07, 6.45) is 0. The van der Waals surface area contributed by atoms with Gasteiger partial charge in [0.25, 0.3) is 11.8 Å². The number of nitrogens with one attached hydrogen (secondary N) is 2. The third-order valence-corrected chi connectivity index (χ3v) is 5.92. The van der Waals surface area contributed by atoms with Crippen LogP contribution in [-0.2, 0) is 0 Å². The third-order valence-electron chi connectivity index (χ3n) is 5.92. The highest BCUT2D eigenvalue weighted by molar-refractivity contribution is 5.95. The molecular formula is C29H28N2O3. The zero-order valence-electron chi connectivity index (χ0n) is 19.3. The molecule has 4 rings (SSSR count). The average molecular weight is 453 g/mol. The molecule has 5 nitrogen and oxygen atoms in total. The number of amides is 2. The molecule has 0 spiro atoms. The fourth-order valence-corrected chi connectivity index (χ4v) is 4.08. The fourth-order valence-electron chi connectivity index (χ4n) is 4.08. The van der Waals surface area contributed by atoms with Gasteiger partial charge < -0.3 is 15.1 Å². The molecule has 1 aromatic heterocycles. The van der Waals surface area contributed by atoms with Gasteiger partial charge in [-0.1, -0.05) is 73.7 Å². The Bertz CT molecular complexity index is 1220. The van der Waals surface area contributed by atoms with E-state index in [9.17, 15) is 9.59 Å². The van der Waals surface area contributed by atoms with Crippen LogP contribution in [0.15, 0.2) is 108 Å². The van der Waals surface area contributed by atoms with Crippen LogP contribution >= 0.6 is 0 Å². The number of aryl methyl sites for hydroxylation is 1. The summed E-state index contributed by atoms with van der Waals surface area (Å²) in [5, 5.41) is 6.33. The van der Waals surface area contributed by atoms with Crippen LogP contribution in [0.4, 0.5) is 0 Å². The van der Waals surface area contributed by atoms with Crippen molar-refractivity contribution in [3.63, 3.8) is 0 Å². The maximum Gasteiger partial charge on any atom is 0.251 e. The largest absolute Gasteiger partial charge is 0.464 e. The van der Waals surface area contributed by atoms with Gasteiger partial charge in [-0.05, 0) is 48.9 Å². The van der Waals surface area contributed by atoms with Crippen LogP contribution in [0.2, 0.25) is 0 Å². The number of carbonyl (C=O) groups is 2. The molecule has 0 bridgehead atoms. The van der Waals surface area contributed by atoms with E-state index in [1.165, 1.54) is 0 Å². The van der Waals surface area contributed by atoms with Gasteiger partial charge in [0.1, 0.15) is 11.5 Å². The quantitative estimate of drug-likeness (QED) is 0.351. The Morgan fingerprint density at radius 3 is 1.59 bits per heavy atom.